The molecule has 0 aliphatic heterocycles. The fraction of sp³-hybridized carbons (Fsp3) is 0.176. The Morgan fingerprint density at radius 3 is 2.59 bits per heavy atom. The number of methoxy groups -OCH3 is 1. The van der Waals surface area contributed by atoms with E-state index in [2.05, 4.69) is 10.5 Å². The van der Waals surface area contributed by atoms with Crippen LogP contribution in [0.25, 0.3) is 0 Å². The molecule has 3 N–H and O–H groups in total. The number of halogens is 3. The van der Waals surface area contributed by atoms with Crippen LogP contribution in [0.3, 0.4) is 0 Å². The highest BCUT2D eigenvalue weighted by molar-refractivity contribution is 5.82. The molecule has 12 heteroatoms. The lowest BCUT2D eigenvalue weighted by molar-refractivity contribution is -0.384. The maximum atomic E-state index is 12.7. The number of hydrogen-bond donors (Lipinski definition) is 2. The van der Waals surface area contributed by atoms with E-state index < -0.39 is 28.3 Å². The SMILES string of the molecule is COc1cc(/C=N/Nc2ccc(C(F)(F)F)cc2[N+](=O)[O-])ccc1OCC(N)=O. The second kappa shape index (κ2) is 8.91. The van der Waals surface area contributed by atoms with E-state index in [4.69, 9.17) is 15.2 Å². The van der Waals surface area contributed by atoms with Gasteiger partial charge >= 0.3 is 6.18 Å². The summed E-state index contributed by atoms with van der Waals surface area (Å²) in [5, 5.41) is 14.8. The number of alkyl halides is 3. The van der Waals surface area contributed by atoms with Gasteiger partial charge in [0, 0.05) is 6.07 Å². The molecule has 0 saturated carbocycles. The van der Waals surface area contributed by atoms with Crippen LogP contribution in [0, 0.1) is 10.1 Å². The van der Waals surface area contributed by atoms with Crippen molar-refractivity contribution in [2.24, 2.45) is 10.8 Å². The highest BCUT2D eigenvalue weighted by Gasteiger charge is 2.33. The molecule has 0 fully saturated rings. The molecular formula is C17H15F3N4O5. The third-order valence-electron chi connectivity index (χ3n) is 3.48. The van der Waals surface area contributed by atoms with Gasteiger partial charge in [-0.15, -0.1) is 0 Å². The van der Waals surface area contributed by atoms with Gasteiger partial charge in [0.1, 0.15) is 5.69 Å². The Bertz CT molecular complexity index is 947. The third-order valence-corrected chi connectivity index (χ3v) is 3.48. The molecule has 2 rings (SSSR count). The number of hydrazone groups is 1. The molecule has 2 aromatic rings. The van der Waals surface area contributed by atoms with Crippen LogP contribution in [0.5, 0.6) is 11.5 Å². The molecule has 0 atom stereocenters. The number of nitrogens with one attached hydrogen (secondary N) is 1. The quantitative estimate of drug-likeness (QED) is 0.390. The first kappa shape index (κ1) is 21.5. The Morgan fingerprint density at radius 1 is 1.28 bits per heavy atom. The topological polar surface area (TPSA) is 129 Å². The van der Waals surface area contributed by atoms with Crippen molar-refractivity contribution in [1.29, 1.82) is 0 Å². The molecule has 0 radical (unpaired) electrons. The number of amides is 1. The number of carbonyl (C=O) groups is 1. The summed E-state index contributed by atoms with van der Waals surface area (Å²) in [5.41, 5.74) is 5.70. The molecule has 154 valence electrons. The minimum Gasteiger partial charge on any atom is -0.493 e. The van der Waals surface area contributed by atoms with Gasteiger partial charge in [-0.05, 0) is 35.9 Å². The fourth-order valence-electron chi connectivity index (χ4n) is 2.16. The summed E-state index contributed by atoms with van der Waals surface area (Å²) < 4.78 is 48.5. The average Bonchev–Trinajstić information content (AvgIpc) is 2.65. The van der Waals surface area contributed by atoms with E-state index >= 15 is 0 Å². The van der Waals surface area contributed by atoms with Crippen LogP contribution in [-0.2, 0) is 11.0 Å². The summed E-state index contributed by atoms with van der Waals surface area (Å²) in [6, 6.07) is 6.59. The van der Waals surface area contributed by atoms with Crippen molar-refractivity contribution in [1.82, 2.24) is 0 Å². The molecule has 1 amide bonds. The Morgan fingerprint density at radius 2 is 2.00 bits per heavy atom. The van der Waals surface area contributed by atoms with Crippen LogP contribution in [0.2, 0.25) is 0 Å². The summed E-state index contributed by atoms with van der Waals surface area (Å²) in [7, 11) is 1.37. The largest absolute Gasteiger partial charge is 0.493 e. The summed E-state index contributed by atoms with van der Waals surface area (Å²) in [6.07, 6.45) is -3.44. The summed E-state index contributed by atoms with van der Waals surface area (Å²) >= 11 is 0. The standard InChI is InChI=1S/C17H15F3N4O5/c1-28-15-6-10(2-5-14(15)29-9-16(21)25)8-22-23-12-4-3-11(17(18,19)20)7-13(12)24(26)27/h2-8,23H,9H2,1H3,(H2,21,25)/b22-8+. The van der Waals surface area contributed by atoms with E-state index in [1.165, 1.54) is 25.5 Å². The molecule has 0 unspecified atom stereocenters. The predicted octanol–water partition coefficient (Wildman–Crippen LogP) is 2.93. The number of anilines is 1. The molecule has 0 aromatic heterocycles. The van der Waals surface area contributed by atoms with Gasteiger partial charge in [0.15, 0.2) is 18.1 Å². The van der Waals surface area contributed by atoms with Gasteiger partial charge in [-0.25, -0.2) is 0 Å². The highest BCUT2D eigenvalue weighted by Crippen LogP contribution is 2.35. The Kier molecular flexibility index (Phi) is 6.59. The molecule has 29 heavy (non-hydrogen) atoms. The second-order valence-corrected chi connectivity index (χ2v) is 5.52. The van der Waals surface area contributed by atoms with E-state index in [1.54, 1.807) is 6.07 Å². The Hall–Kier alpha value is -3.83. The van der Waals surface area contributed by atoms with Gasteiger partial charge in [0.05, 0.1) is 23.8 Å². The minimum atomic E-state index is -4.71. The lowest BCUT2D eigenvalue weighted by Crippen LogP contribution is -2.20. The van der Waals surface area contributed by atoms with Crippen molar-refractivity contribution in [3.05, 3.63) is 57.6 Å². The van der Waals surface area contributed by atoms with Crippen molar-refractivity contribution in [2.45, 2.75) is 6.18 Å². The van der Waals surface area contributed by atoms with E-state index in [1.807, 2.05) is 0 Å². The third kappa shape index (κ3) is 5.82. The van der Waals surface area contributed by atoms with Crippen LogP contribution in [0.1, 0.15) is 11.1 Å². The minimum absolute atomic E-state index is 0.215. The van der Waals surface area contributed by atoms with Gasteiger partial charge in [-0.1, -0.05) is 0 Å². The van der Waals surface area contributed by atoms with E-state index in [0.717, 1.165) is 6.07 Å². The fourth-order valence-corrected chi connectivity index (χ4v) is 2.16. The Labute approximate surface area is 162 Å². The normalized spacial score (nSPS) is 11.3. The van der Waals surface area contributed by atoms with Crippen LogP contribution >= 0.6 is 0 Å². The molecule has 0 aliphatic carbocycles. The number of ether oxygens (including phenoxy) is 2. The number of benzene rings is 2. The maximum Gasteiger partial charge on any atom is 0.416 e. The van der Waals surface area contributed by atoms with Gasteiger partial charge in [-0.3, -0.25) is 20.3 Å². The maximum absolute atomic E-state index is 12.7. The number of nitro benzene ring substituents is 1. The van der Waals surface area contributed by atoms with E-state index in [-0.39, 0.29) is 23.8 Å². The molecule has 0 aliphatic rings. The van der Waals surface area contributed by atoms with Crippen LogP contribution in [0.15, 0.2) is 41.5 Å². The molecule has 2 aromatic carbocycles. The van der Waals surface area contributed by atoms with Crippen LogP contribution in [0.4, 0.5) is 24.5 Å². The molecule has 0 saturated heterocycles. The highest BCUT2D eigenvalue weighted by atomic mass is 19.4. The van der Waals surface area contributed by atoms with Gasteiger partial charge in [0.25, 0.3) is 11.6 Å². The second-order valence-electron chi connectivity index (χ2n) is 5.52. The summed E-state index contributed by atoms with van der Waals surface area (Å²) in [4.78, 5) is 20.9. The van der Waals surface area contributed by atoms with E-state index in [0.29, 0.717) is 17.7 Å². The zero-order valence-corrected chi connectivity index (χ0v) is 14.9. The zero-order chi connectivity index (χ0) is 21.6. The van der Waals surface area contributed by atoms with E-state index in [9.17, 15) is 28.1 Å². The molecule has 0 spiro atoms. The van der Waals surface area contributed by atoms with Crippen molar-refractivity contribution in [2.75, 3.05) is 19.1 Å². The number of primary amides is 1. The first-order valence-electron chi connectivity index (χ1n) is 7.85. The van der Waals surface area contributed by atoms with Crippen molar-refractivity contribution >= 4 is 23.5 Å². The monoisotopic (exact) mass is 412 g/mol. The molecule has 0 bridgehead atoms. The first-order chi connectivity index (χ1) is 13.6. The average molecular weight is 412 g/mol. The number of nitro groups is 1. The summed E-state index contributed by atoms with van der Waals surface area (Å²) in [5.74, 6) is -0.134. The molecule has 0 heterocycles. The van der Waals surface area contributed by atoms with Gasteiger partial charge in [-0.2, -0.15) is 18.3 Å². The van der Waals surface area contributed by atoms with Crippen molar-refractivity contribution in [3.8, 4) is 11.5 Å². The zero-order valence-electron chi connectivity index (χ0n) is 14.9. The lowest BCUT2D eigenvalue weighted by atomic mass is 10.1. The van der Waals surface area contributed by atoms with Gasteiger partial charge < -0.3 is 15.2 Å². The van der Waals surface area contributed by atoms with Gasteiger partial charge in [0.2, 0.25) is 0 Å². The van der Waals surface area contributed by atoms with Crippen LogP contribution < -0.4 is 20.6 Å². The smallest absolute Gasteiger partial charge is 0.416 e. The number of rotatable bonds is 8. The number of hydrogen-bond acceptors (Lipinski definition) is 7. The van der Waals surface area contributed by atoms with Crippen molar-refractivity contribution < 1.29 is 32.4 Å². The summed E-state index contributed by atoms with van der Waals surface area (Å²) in [6.45, 7) is -0.344. The molecular weight excluding hydrogens is 397 g/mol. The van der Waals surface area contributed by atoms with Crippen molar-refractivity contribution in [3.63, 3.8) is 0 Å². The number of nitrogens with two attached hydrogens (primary N) is 1. The molecule has 9 nitrogen and oxygen atoms in total. The number of nitrogens with zero attached hydrogens (tertiary/aromatic N) is 2. The van der Waals surface area contributed by atoms with Crippen LogP contribution in [-0.4, -0.2) is 30.8 Å². The number of carbonyl (C=O) groups excluding carboxylic acids is 1. The Balaban J connectivity index is 2.19. The predicted molar refractivity (Wildman–Crippen MR) is 97.0 cm³/mol. The lowest BCUT2D eigenvalue weighted by Gasteiger charge is -2.10. The first-order valence-corrected chi connectivity index (χ1v) is 7.85.